The van der Waals surface area contributed by atoms with Crippen molar-refractivity contribution in [1.82, 2.24) is 0 Å². The van der Waals surface area contributed by atoms with Crippen LogP contribution in [0.25, 0.3) is 0 Å². The SMILES string of the molecule is B=NOc1ccc(C(=O)OCC)cc1OC. The zero-order valence-corrected chi connectivity index (χ0v) is 9.23. The first kappa shape index (κ1) is 12.2. The van der Waals surface area contributed by atoms with E-state index in [1.807, 2.05) is 0 Å². The molecule has 0 amide bonds. The van der Waals surface area contributed by atoms with Crippen molar-refractivity contribution in [1.29, 1.82) is 0 Å². The van der Waals surface area contributed by atoms with E-state index >= 15 is 0 Å². The van der Waals surface area contributed by atoms with Crippen molar-refractivity contribution in [3.05, 3.63) is 23.8 Å². The number of ether oxygens (including phenoxy) is 2. The number of methoxy groups -OCH3 is 1. The van der Waals surface area contributed by atoms with Gasteiger partial charge in [0.15, 0.2) is 0 Å². The molecule has 0 saturated carbocycles. The van der Waals surface area contributed by atoms with Crippen molar-refractivity contribution in [3.8, 4) is 11.5 Å². The van der Waals surface area contributed by atoms with Crippen molar-refractivity contribution in [2.75, 3.05) is 13.7 Å². The van der Waals surface area contributed by atoms with Gasteiger partial charge in [-0.2, -0.15) is 0 Å². The number of hydrogen-bond acceptors (Lipinski definition) is 5. The third kappa shape index (κ3) is 2.82. The Labute approximate surface area is 94.4 Å². The summed E-state index contributed by atoms with van der Waals surface area (Å²) in [6, 6.07) is 4.67. The third-order valence-electron chi connectivity index (χ3n) is 1.84. The molecule has 1 rings (SSSR count). The van der Waals surface area contributed by atoms with Crippen LogP contribution in [0, 0.1) is 0 Å². The van der Waals surface area contributed by atoms with Gasteiger partial charge in [-0.05, 0) is 0 Å². The molecule has 0 N–H and O–H groups in total. The van der Waals surface area contributed by atoms with Crippen LogP contribution in [0.1, 0.15) is 17.3 Å². The van der Waals surface area contributed by atoms with Crippen LogP contribution in [0.15, 0.2) is 23.3 Å². The number of carbonyl (C=O) groups is 1. The van der Waals surface area contributed by atoms with Crippen LogP contribution in [0.5, 0.6) is 11.5 Å². The van der Waals surface area contributed by atoms with E-state index in [1.54, 1.807) is 19.1 Å². The molecule has 0 aliphatic rings. The van der Waals surface area contributed by atoms with Crippen molar-refractivity contribution in [2.24, 2.45) is 5.06 Å². The quantitative estimate of drug-likeness (QED) is 0.426. The maximum atomic E-state index is 11.4. The maximum absolute atomic E-state index is 11.4. The van der Waals surface area contributed by atoms with Crippen molar-refractivity contribution < 1.29 is 19.1 Å². The predicted molar refractivity (Wildman–Crippen MR) is 59.2 cm³/mol. The van der Waals surface area contributed by atoms with Crippen LogP contribution in [0.4, 0.5) is 0 Å². The summed E-state index contributed by atoms with van der Waals surface area (Å²) in [7, 11) is 4.67. The molecule has 0 atom stereocenters. The third-order valence-corrected chi connectivity index (χ3v) is 1.84. The number of hydrogen-bond donors (Lipinski definition) is 0. The van der Waals surface area contributed by atoms with E-state index in [0.717, 1.165) is 0 Å². The molecule has 1 aromatic rings. The first-order valence-electron chi connectivity index (χ1n) is 4.71. The Morgan fingerprint density at radius 1 is 1.44 bits per heavy atom. The fraction of sp³-hybridized carbons (Fsp3) is 0.300. The molecule has 0 saturated heterocycles. The summed E-state index contributed by atoms with van der Waals surface area (Å²) in [5.74, 6) is 0.391. The first-order chi connectivity index (χ1) is 7.72. The van der Waals surface area contributed by atoms with Crippen LogP contribution in [0.3, 0.4) is 0 Å². The van der Waals surface area contributed by atoms with Gasteiger partial charge in [0.05, 0.1) is 0 Å². The summed E-state index contributed by atoms with van der Waals surface area (Å²) in [5.41, 5.74) is 0.398. The van der Waals surface area contributed by atoms with E-state index in [9.17, 15) is 4.79 Å². The Hall–Kier alpha value is -1.85. The molecule has 0 fully saturated rings. The molecule has 0 aliphatic carbocycles. The molecule has 0 aromatic heterocycles. The minimum absolute atomic E-state index is 0.327. The zero-order valence-electron chi connectivity index (χ0n) is 9.23. The van der Waals surface area contributed by atoms with Gasteiger partial charge in [0.1, 0.15) is 0 Å². The minimum atomic E-state index is -0.404. The van der Waals surface area contributed by atoms with Crippen LogP contribution in [0.2, 0.25) is 0 Å². The van der Waals surface area contributed by atoms with Crippen LogP contribution >= 0.6 is 0 Å². The van der Waals surface area contributed by atoms with Gasteiger partial charge in [-0.1, -0.05) is 0 Å². The molecule has 6 heteroatoms. The number of esters is 1. The van der Waals surface area contributed by atoms with E-state index in [2.05, 4.69) is 12.7 Å². The Kier molecular flexibility index (Phi) is 4.51. The molecule has 0 unspecified atom stereocenters. The monoisotopic (exact) mass is 221 g/mol. The molecule has 0 heterocycles. The van der Waals surface area contributed by atoms with Crippen molar-refractivity contribution >= 4 is 13.6 Å². The van der Waals surface area contributed by atoms with E-state index in [0.29, 0.717) is 23.7 Å². The molecule has 84 valence electrons. The van der Waals surface area contributed by atoms with E-state index in [1.165, 1.54) is 13.2 Å². The number of rotatable bonds is 5. The van der Waals surface area contributed by atoms with Crippen LogP contribution in [-0.4, -0.2) is 27.3 Å². The average Bonchev–Trinajstić information content (AvgIpc) is 2.30. The molecule has 0 aliphatic heterocycles. The number of carbonyl (C=O) groups excluding carboxylic acids is 1. The van der Waals surface area contributed by atoms with E-state index in [-0.39, 0.29) is 0 Å². The Morgan fingerprint density at radius 2 is 2.19 bits per heavy atom. The molecular weight excluding hydrogens is 209 g/mol. The fourth-order valence-corrected chi connectivity index (χ4v) is 1.15. The summed E-state index contributed by atoms with van der Waals surface area (Å²) in [6.07, 6.45) is 0. The molecule has 0 bridgehead atoms. The first-order valence-corrected chi connectivity index (χ1v) is 4.71. The van der Waals surface area contributed by atoms with Gasteiger partial charge in [0, 0.05) is 0 Å². The van der Waals surface area contributed by atoms with Gasteiger partial charge in [0.2, 0.25) is 0 Å². The molecular formula is C10H12BNO4. The second-order valence-electron chi connectivity index (χ2n) is 2.81. The second-order valence-corrected chi connectivity index (χ2v) is 2.81. The Morgan fingerprint density at radius 3 is 2.75 bits per heavy atom. The summed E-state index contributed by atoms with van der Waals surface area (Å²) in [6.45, 7) is 2.07. The normalized spacial score (nSPS) is 9.31. The Balaban J connectivity index is 2.98. The van der Waals surface area contributed by atoms with Crippen molar-refractivity contribution in [3.63, 3.8) is 0 Å². The summed E-state index contributed by atoms with van der Waals surface area (Å²) in [4.78, 5) is 16.3. The van der Waals surface area contributed by atoms with Gasteiger partial charge >= 0.3 is 93.7 Å². The average molecular weight is 221 g/mol. The summed E-state index contributed by atoms with van der Waals surface area (Å²) < 4.78 is 9.90. The van der Waals surface area contributed by atoms with Gasteiger partial charge < -0.3 is 0 Å². The van der Waals surface area contributed by atoms with Gasteiger partial charge in [0.25, 0.3) is 0 Å². The van der Waals surface area contributed by atoms with Gasteiger partial charge in [-0.3, -0.25) is 0 Å². The topological polar surface area (TPSA) is 57.1 Å². The molecule has 5 nitrogen and oxygen atoms in total. The predicted octanol–water partition coefficient (Wildman–Crippen LogP) is 1.25. The van der Waals surface area contributed by atoms with Gasteiger partial charge in [-0.15, -0.1) is 0 Å². The fourth-order valence-electron chi connectivity index (χ4n) is 1.15. The number of nitrogens with zero attached hydrogens (tertiary/aromatic N) is 1. The molecule has 0 spiro atoms. The van der Waals surface area contributed by atoms with E-state index < -0.39 is 5.97 Å². The van der Waals surface area contributed by atoms with Crippen LogP contribution < -0.4 is 9.57 Å². The Bertz CT molecular complexity index is 394. The van der Waals surface area contributed by atoms with Crippen LogP contribution in [-0.2, 0) is 4.74 Å². The second kappa shape index (κ2) is 5.90. The molecule has 16 heavy (non-hydrogen) atoms. The summed E-state index contributed by atoms with van der Waals surface area (Å²) in [5, 5.41) is 3.28. The summed E-state index contributed by atoms with van der Waals surface area (Å²) >= 11 is 0. The molecule has 0 radical (unpaired) electrons. The van der Waals surface area contributed by atoms with Crippen molar-refractivity contribution in [2.45, 2.75) is 6.92 Å². The van der Waals surface area contributed by atoms with E-state index in [4.69, 9.17) is 14.3 Å². The standard InChI is InChI=1S/C10H12BNO4/c1-3-15-10(13)7-4-5-8(16-12-11)9(6-7)14-2/h4-6,11H,3H2,1-2H3. The zero-order chi connectivity index (χ0) is 12.0. The van der Waals surface area contributed by atoms with Gasteiger partial charge in [-0.25, -0.2) is 0 Å². The number of benzene rings is 1. The molecule has 1 aromatic carbocycles.